The molecule has 0 unspecified atom stereocenters. The van der Waals surface area contributed by atoms with Gasteiger partial charge in [0.05, 0.1) is 24.1 Å². The van der Waals surface area contributed by atoms with Crippen LogP contribution in [-0.4, -0.2) is 54.1 Å². The number of fused-ring (bicyclic) bond motifs is 1. The predicted molar refractivity (Wildman–Crippen MR) is 105 cm³/mol. The molecule has 1 aliphatic rings. The van der Waals surface area contributed by atoms with E-state index in [2.05, 4.69) is 0 Å². The lowest BCUT2D eigenvalue weighted by molar-refractivity contribution is -0.132. The van der Waals surface area contributed by atoms with Gasteiger partial charge in [0.15, 0.2) is 5.58 Å². The molecule has 3 heterocycles. The summed E-state index contributed by atoms with van der Waals surface area (Å²) >= 11 is 0. The Morgan fingerprint density at radius 2 is 1.90 bits per heavy atom. The number of nitrogens with zero attached hydrogens (tertiary/aromatic N) is 3. The van der Waals surface area contributed by atoms with Gasteiger partial charge in [-0.1, -0.05) is 12.1 Å². The topological polar surface area (TPSA) is 67.9 Å². The molecule has 1 aliphatic heterocycles. The first-order valence-corrected chi connectivity index (χ1v) is 9.59. The molecule has 0 atom stereocenters. The van der Waals surface area contributed by atoms with Crippen molar-refractivity contribution in [1.29, 1.82) is 0 Å². The predicted octanol–water partition coefficient (Wildman–Crippen LogP) is 2.90. The summed E-state index contributed by atoms with van der Waals surface area (Å²) in [6.45, 7) is 4.05. The van der Waals surface area contributed by atoms with Gasteiger partial charge in [0.1, 0.15) is 18.1 Å². The maximum absolute atomic E-state index is 14.0. The van der Waals surface area contributed by atoms with Gasteiger partial charge in [0, 0.05) is 38.3 Å². The quantitative estimate of drug-likeness (QED) is 0.617. The number of ether oxygens (including phenoxy) is 1. The smallest absolute Gasteiger partial charge is 0.355 e. The summed E-state index contributed by atoms with van der Waals surface area (Å²) in [6.07, 6.45) is 1.52. The fourth-order valence-electron chi connectivity index (χ4n) is 3.66. The fraction of sp³-hybridized carbons (Fsp3) is 0.333. The fourth-order valence-corrected chi connectivity index (χ4v) is 3.66. The van der Waals surface area contributed by atoms with Crippen LogP contribution in [0, 0.1) is 5.82 Å². The van der Waals surface area contributed by atoms with Crippen LogP contribution in [0.15, 0.2) is 47.1 Å². The van der Waals surface area contributed by atoms with E-state index >= 15 is 0 Å². The minimum Gasteiger partial charge on any atom is -0.463 e. The second kappa shape index (κ2) is 7.98. The lowest BCUT2D eigenvalue weighted by Crippen LogP contribution is -2.50. The number of hydrogen-bond donors (Lipinski definition) is 0. The van der Waals surface area contributed by atoms with Crippen LogP contribution in [0.1, 0.15) is 17.4 Å². The number of anilines is 1. The van der Waals surface area contributed by atoms with E-state index in [4.69, 9.17) is 9.15 Å². The third-order valence-electron chi connectivity index (χ3n) is 5.13. The van der Waals surface area contributed by atoms with Crippen molar-refractivity contribution in [2.45, 2.75) is 13.5 Å². The normalized spacial score (nSPS) is 14.4. The molecular weight excluding hydrogens is 377 g/mol. The van der Waals surface area contributed by atoms with Crippen LogP contribution in [0.3, 0.4) is 0 Å². The van der Waals surface area contributed by atoms with Gasteiger partial charge < -0.3 is 23.5 Å². The summed E-state index contributed by atoms with van der Waals surface area (Å²) < 4.78 is 26.1. The third-order valence-corrected chi connectivity index (χ3v) is 5.13. The minimum absolute atomic E-state index is 0.0108. The second-order valence-electron chi connectivity index (χ2n) is 6.83. The molecule has 0 bridgehead atoms. The molecule has 1 saturated heterocycles. The van der Waals surface area contributed by atoms with Crippen molar-refractivity contribution in [1.82, 2.24) is 9.47 Å². The molecule has 8 heteroatoms. The van der Waals surface area contributed by atoms with Crippen molar-refractivity contribution >= 4 is 28.7 Å². The van der Waals surface area contributed by atoms with Crippen molar-refractivity contribution in [2.75, 3.05) is 37.7 Å². The van der Waals surface area contributed by atoms with E-state index in [0.717, 1.165) is 0 Å². The third kappa shape index (κ3) is 3.70. The molecule has 0 spiro atoms. The molecule has 2 aromatic heterocycles. The summed E-state index contributed by atoms with van der Waals surface area (Å²) in [5, 5.41) is 0. The van der Waals surface area contributed by atoms with Crippen molar-refractivity contribution in [3.05, 3.63) is 54.2 Å². The van der Waals surface area contributed by atoms with Gasteiger partial charge in [0.2, 0.25) is 5.91 Å². The molecule has 0 saturated carbocycles. The van der Waals surface area contributed by atoms with E-state index in [0.29, 0.717) is 48.7 Å². The molecule has 29 heavy (non-hydrogen) atoms. The molecule has 1 aromatic carbocycles. The summed E-state index contributed by atoms with van der Waals surface area (Å²) in [5.41, 5.74) is 2.05. The van der Waals surface area contributed by atoms with Gasteiger partial charge >= 0.3 is 5.97 Å². The lowest BCUT2D eigenvalue weighted by Gasteiger charge is -2.36. The maximum Gasteiger partial charge on any atom is 0.355 e. The van der Waals surface area contributed by atoms with Crippen LogP contribution in [0.25, 0.3) is 11.1 Å². The van der Waals surface area contributed by atoms with Crippen LogP contribution in [0.5, 0.6) is 0 Å². The monoisotopic (exact) mass is 399 g/mol. The number of para-hydroxylation sites is 1. The molecule has 3 aromatic rings. The van der Waals surface area contributed by atoms with Gasteiger partial charge in [-0.15, -0.1) is 0 Å². The molecular formula is C21H22FN3O4. The standard InChI is InChI=1S/C21H22FN3O4/c1-2-28-21(27)18-13-19-17(7-12-29-19)25(18)14-20(26)24-10-8-23(9-11-24)16-6-4-3-5-15(16)22/h3-7,12-13H,2,8-11,14H2,1H3. The molecule has 4 rings (SSSR count). The zero-order chi connectivity index (χ0) is 20.4. The van der Waals surface area contributed by atoms with Gasteiger partial charge in [0.25, 0.3) is 0 Å². The zero-order valence-corrected chi connectivity index (χ0v) is 16.1. The second-order valence-corrected chi connectivity index (χ2v) is 6.83. The van der Waals surface area contributed by atoms with Crippen LogP contribution in [0.4, 0.5) is 10.1 Å². The first-order valence-electron chi connectivity index (χ1n) is 9.59. The Labute approximate surface area is 167 Å². The van der Waals surface area contributed by atoms with E-state index in [9.17, 15) is 14.0 Å². The number of rotatable bonds is 5. The summed E-state index contributed by atoms with van der Waals surface area (Å²) in [6, 6.07) is 9.96. The Hall–Kier alpha value is -3.29. The van der Waals surface area contributed by atoms with Crippen LogP contribution >= 0.6 is 0 Å². The van der Waals surface area contributed by atoms with Gasteiger partial charge in [-0.2, -0.15) is 0 Å². The molecule has 1 fully saturated rings. The SMILES string of the molecule is CCOC(=O)c1cc2occc2n1CC(=O)N1CCN(c2ccccc2F)CC1. The minimum atomic E-state index is -0.490. The van der Waals surface area contributed by atoms with E-state index < -0.39 is 5.97 Å². The molecule has 0 aliphatic carbocycles. The Balaban J connectivity index is 1.47. The number of esters is 1. The van der Waals surface area contributed by atoms with Crippen molar-refractivity contribution < 1.29 is 23.1 Å². The molecule has 0 N–H and O–H groups in total. The Morgan fingerprint density at radius 1 is 1.14 bits per heavy atom. The van der Waals surface area contributed by atoms with Crippen LogP contribution < -0.4 is 4.90 Å². The first kappa shape index (κ1) is 19.0. The van der Waals surface area contributed by atoms with Crippen molar-refractivity contribution in [2.24, 2.45) is 0 Å². The van der Waals surface area contributed by atoms with E-state index in [1.165, 1.54) is 12.3 Å². The molecule has 7 nitrogen and oxygen atoms in total. The molecule has 152 valence electrons. The van der Waals surface area contributed by atoms with E-state index in [1.807, 2.05) is 4.90 Å². The van der Waals surface area contributed by atoms with Crippen molar-refractivity contribution in [3.8, 4) is 0 Å². The highest BCUT2D eigenvalue weighted by Gasteiger charge is 2.25. The number of hydrogen-bond acceptors (Lipinski definition) is 5. The van der Waals surface area contributed by atoms with Crippen molar-refractivity contribution in [3.63, 3.8) is 0 Å². The summed E-state index contributed by atoms with van der Waals surface area (Å²) in [5.74, 6) is -0.862. The average Bonchev–Trinajstić information content (AvgIpc) is 3.31. The number of halogens is 1. The Morgan fingerprint density at radius 3 is 2.62 bits per heavy atom. The highest BCUT2D eigenvalue weighted by Crippen LogP contribution is 2.23. The Bertz CT molecular complexity index is 1030. The van der Waals surface area contributed by atoms with Gasteiger partial charge in [-0.3, -0.25) is 4.79 Å². The number of furan rings is 1. The van der Waals surface area contributed by atoms with Crippen LogP contribution in [-0.2, 0) is 16.1 Å². The zero-order valence-electron chi connectivity index (χ0n) is 16.1. The Kier molecular flexibility index (Phi) is 5.24. The number of carbonyl (C=O) groups is 2. The molecule has 0 radical (unpaired) electrons. The van der Waals surface area contributed by atoms with Crippen LogP contribution in [0.2, 0.25) is 0 Å². The number of aromatic nitrogens is 1. The maximum atomic E-state index is 14.0. The highest BCUT2D eigenvalue weighted by molar-refractivity contribution is 5.95. The number of carbonyl (C=O) groups excluding carboxylic acids is 2. The van der Waals surface area contributed by atoms with Gasteiger partial charge in [-0.05, 0) is 19.1 Å². The summed E-state index contributed by atoms with van der Waals surface area (Å²) in [7, 11) is 0. The largest absolute Gasteiger partial charge is 0.463 e. The van der Waals surface area contributed by atoms with Gasteiger partial charge in [-0.25, -0.2) is 9.18 Å². The lowest BCUT2D eigenvalue weighted by atomic mass is 10.2. The summed E-state index contributed by atoms with van der Waals surface area (Å²) in [4.78, 5) is 28.8. The van der Waals surface area contributed by atoms with E-state index in [1.54, 1.807) is 46.7 Å². The molecule has 1 amide bonds. The average molecular weight is 399 g/mol. The number of amides is 1. The van der Waals surface area contributed by atoms with E-state index in [-0.39, 0.29) is 24.9 Å². The number of benzene rings is 1. The first-order chi connectivity index (χ1) is 14.1. The highest BCUT2D eigenvalue weighted by atomic mass is 19.1. The number of piperazine rings is 1.